The molecule has 10 heteroatoms. The molecule has 0 spiro atoms. The third kappa shape index (κ3) is 4.39. The molecular formula is C18H17F2NO5S2. The van der Waals surface area contributed by atoms with Crippen LogP contribution >= 0.6 is 0 Å². The molecule has 1 unspecified atom stereocenters. The molecule has 1 N–H and O–H groups in total. The monoisotopic (exact) mass is 429 g/mol. The Balaban J connectivity index is 1.81. The molecule has 0 saturated carbocycles. The van der Waals surface area contributed by atoms with E-state index in [1.54, 1.807) is 0 Å². The summed E-state index contributed by atoms with van der Waals surface area (Å²) in [4.78, 5) is 12.0. The van der Waals surface area contributed by atoms with Crippen LogP contribution in [0.2, 0.25) is 0 Å². The number of carbonyl (C=O) groups is 1. The molecule has 1 aliphatic heterocycles. The summed E-state index contributed by atoms with van der Waals surface area (Å²) >= 11 is 0. The summed E-state index contributed by atoms with van der Waals surface area (Å²) in [6.45, 7) is -0.00357. The van der Waals surface area contributed by atoms with Gasteiger partial charge in [0.15, 0.2) is 19.7 Å². The Morgan fingerprint density at radius 1 is 1.11 bits per heavy atom. The maximum Gasteiger partial charge on any atom is 0.254 e. The number of hydrogen-bond donors (Lipinski definition) is 1. The summed E-state index contributed by atoms with van der Waals surface area (Å²) in [5.41, 5.74) is 0.110. The topological polar surface area (TPSA) is 97.4 Å². The number of halogens is 2. The Labute approximate surface area is 161 Å². The van der Waals surface area contributed by atoms with Gasteiger partial charge < -0.3 is 5.32 Å². The number of benzene rings is 2. The van der Waals surface area contributed by atoms with Crippen molar-refractivity contribution in [2.45, 2.75) is 23.1 Å². The van der Waals surface area contributed by atoms with Crippen LogP contribution in [0.15, 0.2) is 47.4 Å². The fourth-order valence-corrected chi connectivity index (χ4v) is 7.32. The van der Waals surface area contributed by atoms with E-state index >= 15 is 0 Å². The lowest BCUT2D eigenvalue weighted by Gasteiger charge is -2.12. The van der Waals surface area contributed by atoms with E-state index in [1.165, 1.54) is 24.3 Å². The third-order valence-corrected chi connectivity index (χ3v) is 8.68. The molecule has 0 aromatic heterocycles. The average molecular weight is 429 g/mol. The Morgan fingerprint density at radius 2 is 1.79 bits per heavy atom. The Bertz CT molecular complexity index is 1110. The predicted molar refractivity (Wildman–Crippen MR) is 98.2 cm³/mol. The largest absolute Gasteiger partial charge is 0.348 e. The Kier molecular flexibility index (Phi) is 5.53. The van der Waals surface area contributed by atoms with Crippen molar-refractivity contribution in [1.82, 2.24) is 5.32 Å². The quantitative estimate of drug-likeness (QED) is 0.732. The lowest BCUT2D eigenvalue weighted by atomic mass is 10.2. The summed E-state index contributed by atoms with van der Waals surface area (Å²) in [6, 6.07) is 8.13. The van der Waals surface area contributed by atoms with Gasteiger partial charge in [-0.15, -0.1) is 0 Å². The highest BCUT2D eigenvalue weighted by Gasteiger charge is 2.38. The van der Waals surface area contributed by atoms with Gasteiger partial charge in [-0.05, 0) is 42.3 Å². The van der Waals surface area contributed by atoms with Crippen LogP contribution in [-0.4, -0.2) is 39.5 Å². The first-order valence-corrected chi connectivity index (χ1v) is 11.7. The minimum atomic E-state index is -4.02. The van der Waals surface area contributed by atoms with Crippen molar-refractivity contribution in [3.8, 4) is 0 Å². The number of nitrogens with one attached hydrogen (secondary N) is 1. The summed E-state index contributed by atoms with van der Waals surface area (Å²) in [5.74, 6) is -2.89. The van der Waals surface area contributed by atoms with Crippen molar-refractivity contribution in [2.24, 2.45) is 0 Å². The van der Waals surface area contributed by atoms with Crippen LogP contribution in [0.1, 0.15) is 22.3 Å². The molecule has 0 bridgehead atoms. The molecule has 1 fully saturated rings. The summed E-state index contributed by atoms with van der Waals surface area (Å²) in [6.07, 6.45) is -0.0336. The van der Waals surface area contributed by atoms with E-state index in [9.17, 15) is 30.4 Å². The molecule has 1 amide bonds. The van der Waals surface area contributed by atoms with E-state index in [2.05, 4.69) is 5.32 Å². The third-order valence-electron chi connectivity index (χ3n) is 4.51. The van der Waals surface area contributed by atoms with Gasteiger partial charge in [-0.2, -0.15) is 0 Å². The lowest BCUT2D eigenvalue weighted by molar-refractivity contribution is 0.0946. The van der Waals surface area contributed by atoms with Gasteiger partial charge in [0.1, 0.15) is 11.6 Å². The van der Waals surface area contributed by atoms with Gasteiger partial charge >= 0.3 is 0 Å². The van der Waals surface area contributed by atoms with Crippen LogP contribution < -0.4 is 5.32 Å². The van der Waals surface area contributed by atoms with Crippen molar-refractivity contribution in [3.63, 3.8) is 0 Å². The molecule has 0 radical (unpaired) electrons. The van der Waals surface area contributed by atoms with Crippen molar-refractivity contribution in [1.29, 1.82) is 0 Å². The molecule has 1 atom stereocenters. The van der Waals surface area contributed by atoms with Crippen molar-refractivity contribution in [2.75, 3.05) is 11.5 Å². The van der Waals surface area contributed by atoms with Crippen LogP contribution in [0.25, 0.3) is 0 Å². The number of hydrogen-bond acceptors (Lipinski definition) is 5. The van der Waals surface area contributed by atoms with Gasteiger partial charge in [-0.1, -0.05) is 12.1 Å². The van der Waals surface area contributed by atoms with E-state index in [0.29, 0.717) is 5.56 Å². The molecule has 0 aliphatic carbocycles. The van der Waals surface area contributed by atoms with Gasteiger partial charge in [0.05, 0.1) is 27.2 Å². The SMILES string of the molecule is O=C(NCc1ccc(F)cc1)c1cc(S(=O)(=O)C2CCS(=O)(=O)C2)ccc1F. The highest BCUT2D eigenvalue weighted by molar-refractivity contribution is 7.96. The number of carbonyl (C=O) groups excluding carboxylic acids is 1. The van der Waals surface area contributed by atoms with Crippen molar-refractivity contribution >= 4 is 25.6 Å². The van der Waals surface area contributed by atoms with E-state index < -0.39 is 53.8 Å². The normalized spacial score (nSPS) is 18.7. The summed E-state index contributed by atoms with van der Waals surface area (Å²) in [5, 5.41) is 1.33. The predicted octanol–water partition coefficient (Wildman–Crippen LogP) is 1.86. The zero-order valence-electron chi connectivity index (χ0n) is 14.6. The molecular weight excluding hydrogens is 412 g/mol. The van der Waals surface area contributed by atoms with Gasteiger partial charge in [0, 0.05) is 6.54 Å². The summed E-state index contributed by atoms with van der Waals surface area (Å²) < 4.78 is 75.5. The van der Waals surface area contributed by atoms with Gasteiger partial charge in [0.25, 0.3) is 5.91 Å². The molecule has 1 heterocycles. The Hall–Kier alpha value is -2.33. The molecule has 3 rings (SSSR count). The van der Waals surface area contributed by atoms with Gasteiger partial charge in [-0.3, -0.25) is 4.79 Å². The smallest absolute Gasteiger partial charge is 0.254 e. The molecule has 2 aromatic carbocycles. The van der Waals surface area contributed by atoms with E-state index in [1.807, 2.05) is 0 Å². The summed E-state index contributed by atoms with van der Waals surface area (Å²) in [7, 11) is -7.44. The van der Waals surface area contributed by atoms with Crippen LogP contribution in [-0.2, 0) is 26.2 Å². The zero-order valence-corrected chi connectivity index (χ0v) is 16.2. The number of sulfone groups is 2. The maximum atomic E-state index is 14.1. The minimum Gasteiger partial charge on any atom is -0.348 e. The highest BCUT2D eigenvalue weighted by Crippen LogP contribution is 2.26. The van der Waals surface area contributed by atoms with Crippen LogP contribution in [0.5, 0.6) is 0 Å². The average Bonchev–Trinajstić information content (AvgIpc) is 3.02. The van der Waals surface area contributed by atoms with E-state index in [0.717, 1.165) is 18.2 Å². The highest BCUT2D eigenvalue weighted by atomic mass is 32.2. The first-order valence-electron chi connectivity index (χ1n) is 8.35. The second-order valence-corrected chi connectivity index (χ2v) is 11.0. The second kappa shape index (κ2) is 7.59. The number of rotatable bonds is 5. The Morgan fingerprint density at radius 3 is 2.39 bits per heavy atom. The molecule has 1 aliphatic rings. The van der Waals surface area contributed by atoms with Crippen molar-refractivity contribution in [3.05, 3.63) is 65.2 Å². The fourth-order valence-electron chi connectivity index (χ4n) is 2.93. The van der Waals surface area contributed by atoms with Crippen LogP contribution in [0.3, 0.4) is 0 Å². The van der Waals surface area contributed by atoms with E-state index in [4.69, 9.17) is 0 Å². The maximum absolute atomic E-state index is 14.1. The molecule has 150 valence electrons. The van der Waals surface area contributed by atoms with E-state index in [-0.39, 0.29) is 23.6 Å². The lowest BCUT2D eigenvalue weighted by Crippen LogP contribution is -2.26. The molecule has 2 aromatic rings. The standard InChI is InChI=1S/C18H17F2NO5S2/c19-13-3-1-12(2-4-13)10-21-18(22)16-9-14(5-6-17(16)20)28(25,26)15-7-8-27(23,24)11-15/h1-6,9,15H,7-8,10-11H2,(H,21,22). The molecule has 1 saturated heterocycles. The van der Waals surface area contributed by atoms with Crippen LogP contribution in [0.4, 0.5) is 8.78 Å². The van der Waals surface area contributed by atoms with Gasteiger partial charge in [-0.25, -0.2) is 25.6 Å². The molecule has 6 nitrogen and oxygen atoms in total. The second-order valence-electron chi connectivity index (χ2n) is 6.52. The zero-order chi connectivity index (χ0) is 20.5. The van der Waals surface area contributed by atoms with Gasteiger partial charge in [0.2, 0.25) is 0 Å². The first-order chi connectivity index (χ1) is 13.1. The fraction of sp³-hybridized carbons (Fsp3) is 0.278. The first kappa shape index (κ1) is 20.4. The minimum absolute atomic E-state index is 0.00357. The number of amides is 1. The molecule has 28 heavy (non-hydrogen) atoms. The van der Waals surface area contributed by atoms with Crippen molar-refractivity contribution < 1.29 is 30.4 Å². The van der Waals surface area contributed by atoms with Crippen LogP contribution in [0, 0.1) is 11.6 Å².